The molecule has 6 nitrogen and oxygen atoms in total. The van der Waals surface area contributed by atoms with Gasteiger partial charge in [-0.25, -0.2) is 10.4 Å². The van der Waals surface area contributed by atoms with E-state index in [2.05, 4.69) is 20.5 Å². The number of nitrogens with zero attached hydrogens (tertiary/aromatic N) is 3. The largest absolute Gasteiger partial charge is 0.417 e. The third-order valence-corrected chi connectivity index (χ3v) is 5.43. The highest BCUT2D eigenvalue weighted by Gasteiger charge is 2.33. The van der Waals surface area contributed by atoms with Crippen molar-refractivity contribution in [3.63, 3.8) is 0 Å². The molecule has 0 bridgehead atoms. The van der Waals surface area contributed by atoms with E-state index in [0.717, 1.165) is 16.7 Å². The van der Waals surface area contributed by atoms with Gasteiger partial charge in [0.25, 0.3) is 5.56 Å². The highest BCUT2D eigenvalue weighted by Crippen LogP contribution is 2.39. The van der Waals surface area contributed by atoms with Crippen LogP contribution in [-0.2, 0) is 6.18 Å². The van der Waals surface area contributed by atoms with Gasteiger partial charge in [-0.3, -0.25) is 9.78 Å². The molecule has 0 amide bonds. The Morgan fingerprint density at radius 2 is 1.94 bits per heavy atom. The van der Waals surface area contributed by atoms with Crippen molar-refractivity contribution in [3.8, 4) is 17.3 Å². The Morgan fingerprint density at radius 1 is 1.16 bits per heavy atom. The second-order valence-corrected chi connectivity index (χ2v) is 7.24. The van der Waals surface area contributed by atoms with Gasteiger partial charge < -0.3 is 0 Å². The summed E-state index contributed by atoms with van der Waals surface area (Å²) in [5, 5.41) is 14.5. The lowest BCUT2D eigenvalue weighted by Crippen LogP contribution is -2.16. The molecule has 0 fully saturated rings. The van der Waals surface area contributed by atoms with Gasteiger partial charge in [-0.1, -0.05) is 48.5 Å². The van der Waals surface area contributed by atoms with Crippen molar-refractivity contribution in [2.75, 3.05) is 5.43 Å². The lowest BCUT2D eigenvalue weighted by Gasteiger charge is -2.06. The third-order valence-electron chi connectivity index (χ3n) is 4.39. The van der Waals surface area contributed by atoms with Crippen molar-refractivity contribution < 1.29 is 13.2 Å². The van der Waals surface area contributed by atoms with Crippen LogP contribution < -0.4 is 11.0 Å². The van der Waals surface area contributed by atoms with Crippen LogP contribution in [0, 0.1) is 11.3 Å². The minimum atomic E-state index is -4.44. The summed E-state index contributed by atoms with van der Waals surface area (Å²) in [5.74, 6) is -0.00608. The SMILES string of the molecule is N#Cc1c(-c2ccccc2)nc(NN=Cc2cccc3c(C(F)(F)F)csc23)[nH]c1=O. The number of H-pyrrole nitrogens is 1. The first-order chi connectivity index (χ1) is 14.9. The number of hydrogen-bond donors (Lipinski definition) is 2. The Morgan fingerprint density at radius 3 is 2.65 bits per heavy atom. The molecule has 0 saturated heterocycles. The van der Waals surface area contributed by atoms with E-state index >= 15 is 0 Å². The number of thiophene rings is 1. The van der Waals surface area contributed by atoms with Crippen molar-refractivity contribution in [3.05, 3.63) is 81.0 Å². The number of benzene rings is 2. The first kappa shape index (κ1) is 20.3. The lowest BCUT2D eigenvalue weighted by atomic mass is 10.1. The zero-order valence-corrected chi connectivity index (χ0v) is 16.4. The predicted octanol–water partition coefficient (Wildman–Crippen LogP) is 4.99. The standard InChI is InChI=1S/C21H12F3N5OS/c22-21(23,24)16-11-31-18-13(7-4-8-14(16)18)10-26-29-20-27-17(12-5-2-1-3-6-12)15(9-25)19(30)28-20/h1-8,10-11H,(H2,27,28,29,30). The average Bonchev–Trinajstić information content (AvgIpc) is 3.20. The summed E-state index contributed by atoms with van der Waals surface area (Å²) in [6.45, 7) is 0. The summed E-state index contributed by atoms with van der Waals surface area (Å²) in [4.78, 5) is 18.9. The lowest BCUT2D eigenvalue weighted by molar-refractivity contribution is -0.136. The van der Waals surface area contributed by atoms with Gasteiger partial charge in [-0.15, -0.1) is 11.3 Å². The van der Waals surface area contributed by atoms with Crippen LogP contribution in [0.4, 0.5) is 19.1 Å². The van der Waals surface area contributed by atoms with Crippen molar-refractivity contribution in [2.45, 2.75) is 6.18 Å². The molecular formula is C21H12F3N5OS. The quantitative estimate of drug-likeness (QED) is 0.346. The molecule has 4 aromatic rings. The van der Waals surface area contributed by atoms with Gasteiger partial charge in [0.05, 0.1) is 17.5 Å². The Hall–Kier alpha value is -3.97. The zero-order chi connectivity index (χ0) is 22.0. The Bertz CT molecular complexity index is 1380. The van der Waals surface area contributed by atoms with Gasteiger partial charge in [0.2, 0.25) is 5.95 Å². The maximum atomic E-state index is 13.1. The van der Waals surface area contributed by atoms with Crippen LogP contribution in [0.15, 0.2) is 63.8 Å². The molecule has 0 aliphatic heterocycles. The maximum Gasteiger partial charge on any atom is 0.417 e. The molecule has 0 radical (unpaired) electrons. The highest BCUT2D eigenvalue weighted by atomic mass is 32.1. The third kappa shape index (κ3) is 4.04. The van der Waals surface area contributed by atoms with E-state index in [9.17, 15) is 23.2 Å². The molecule has 0 aliphatic carbocycles. The number of hydrogen-bond acceptors (Lipinski definition) is 6. The van der Waals surface area contributed by atoms with Crippen LogP contribution >= 0.6 is 11.3 Å². The molecule has 0 unspecified atom stereocenters. The minimum absolute atomic E-state index is 0.00608. The number of alkyl halides is 3. The summed E-state index contributed by atoms with van der Waals surface area (Å²) in [6, 6.07) is 15.1. The molecule has 10 heteroatoms. The average molecular weight is 439 g/mol. The van der Waals surface area contributed by atoms with Crippen LogP contribution in [0.2, 0.25) is 0 Å². The van der Waals surface area contributed by atoms with Crippen molar-refractivity contribution in [1.82, 2.24) is 9.97 Å². The van der Waals surface area contributed by atoms with E-state index in [1.54, 1.807) is 36.4 Å². The minimum Gasteiger partial charge on any atom is -0.290 e. The molecule has 31 heavy (non-hydrogen) atoms. The number of nitrogens with one attached hydrogen (secondary N) is 2. The second-order valence-electron chi connectivity index (χ2n) is 6.36. The predicted molar refractivity (Wildman–Crippen MR) is 113 cm³/mol. The second kappa shape index (κ2) is 8.04. The summed E-state index contributed by atoms with van der Waals surface area (Å²) in [5.41, 5.74) is 2.36. The van der Waals surface area contributed by atoms with Gasteiger partial charge in [0.1, 0.15) is 11.6 Å². The zero-order valence-electron chi connectivity index (χ0n) is 15.6. The molecule has 4 rings (SSSR count). The molecule has 0 aliphatic rings. The van der Waals surface area contributed by atoms with E-state index in [1.807, 2.05) is 6.07 Å². The fourth-order valence-corrected chi connectivity index (χ4v) is 4.06. The Balaban J connectivity index is 1.66. The van der Waals surface area contributed by atoms with Crippen LogP contribution in [0.3, 0.4) is 0 Å². The molecular weight excluding hydrogens is 427 g/mol. The first-order valence-corrected chi connectivity index (χ1v) is 9.73. The number of aromatic amines is 1. The molecule has 2 aromatic carbocycles. The van der Waals surface area contributed by atoms with Gasteiger partial charge >= 0.3 is 6.18 Å². The normalized spacial score (nSPS) is 11.7. The molecule has 2 N–H and O–H groups in total. The number of aromatic nitrogens is 2. The monoisotopic (exact) mass is 439 g/mol. The smallest absolute Gasteiger partial charge is 0.290 e. The van der Waals surface area contributed by atoms with Crippen molar-refractivity contribution >= 4 is 33.6 Å². The summed E-state index contributed by atoms with van der Waals surface area (Å²) < 4.78 is 39.8. The van der Waals surface area contributed by atoms with Crippen LogP contribution in [0.5, 0.6) is 0 Å². The van der Waals surface area contributed by atoms with Crippen LogP contribution in [0.25, 0.3) is 21.3 Å². The Labute approximate surface area is 177 Å². The molecule has 0 atom stereocenters. The van der Waals surface area contributed by atoms with E-state index in [4.69, 9.17) is 0 Å². The van der Waals surface area contributed by atoms with Gasteiger partial charge in [0, 0.05) is 26.6 Å². The summed E-state index contributed by atoms with van der Waals surface area (Å²) in [7, 11) is 0. The van der Waals surface area contributed by atoms with E-state index in [-0.39, 0.29) is 22.6 Å². The molecule has 154 valence electrons. The van der Waals surface area contributed by atoms with E-state index < -0.39 is 17.3 Å². The van der Waals surface area contributed by atoms with Gasteiger partial charge in [-0.2, -0.15) is 23.5 Å². The van der Waals surface area contributed by atoms with E-state index in [0.29, 0.717) is 15.8 Å². The molecule has 2 heterocycles. The van der Waals surface area contributed by atoms with Gasteiger partial charge in [-0.05, 0) is 0 Å². The number of halogens is 3. The van der Waals surface area contributed by atoms with Crippen molar-refractivity contribution in [2.24, 2.45) is 5.10 Å². The number of nitriles is 1. The van der Waals surface area contributed by atoms with Gasteiger partial charge in [0.15, 0.2) is 0 Å². The highest BCUT2D eigenvalue weighted by molar-refractivity contribution is 7.17. The van der Waals surface area contributed by atoms with Crippen LogP contribution in [-0.4, -0.2) is 16.2 Å². The maximum absolute atomic E-state index is 13.1. The van der Waals surface area contributed by atoms with E-state index in [1.165, 1.54) is 18.3 Å². The molecule has 0 spiro atoms. The fourth-order valence-electron chi connectivity index (χ4n) is 3.00. The number of hydrazone groups is 1. The summed E-state index contributed by atoms with van der Waals surface area (Å²) in [6.07, 6.45) is -3.09. The summed E-state index contributed by atoms with van der Waals surface area (Å²) >= 11 is 0.972. The first-order valence-electron chi connectivity index (χ1n) is 8.85. The topological polar surface area (TPSA) is 93.9 Å². The molecule has 2 aromatic heterocycles. The molecule has 0 saturated carbocycles. The Kier molecular flexibility index (Phi) is 5.27. The number of anilines is 1. The fraction of sp³-hybridized carbons (Fsp3) is 0.0476. The number of fused-ring (bicyclic) bond motifs is 1. The van der Waals surface area contributed by atoms with Crippen LogP contribution in [0.1, 0.15) is 16.7 Å². The number of rotatable bonds is 4. The van der Waals surface area contributed by atoms with Crippen molar-refractivity contribution in [1.29, 1.82) is 5.26 Å².